The van der Waals surface area contributed by atoms with Gasteiger partial charge in [-0.1, -0.05) is 30.2 Å². The van der Waals surface area contributed by atoms with Gasteiger partial charge in [0.25, 0.3) is 5.91 Å². The molecule has 1 atom stereocenters. The van der Waals surface area contributed by atoms with E-state index in [-0.39, 0.29) is 11.9 Å². The van der Waals surface area contributed by atoms with E-state index in [0.29, 0.717) is 34.2 Å². The summed E-state index contributed by atoms with van der Waals surface area (Å²) in [5, 5.41) is 14.2. The zero-order valence-electron chi connectivity index (χ0n) is 20.1. The number of carbonyl (C=O) groups excluding carboxylic acids is 1. The Hall–Kier alpha value is -3.73. The Labute approximate surface area is 215 Å². The van der Waals surface area contributed by atoms with Crippen LogP contribution in [0.15, 0.2) is 61.1 Å². The lowest BCUT2D eigenvalue weighted by Gasteiger charge is -2.35. The number of likely N-dealkylation sites (tertiary alicyclic amines) is 1. The predicted molar refractivity (Wildman–Crippen MR) is 140 cm³/mol. The molecule has 8 heteroatoms. The van der Waals surface area contributed by atoms with Crippen molar-refractivity contribution in [3.8, 4) is 11.9 Å². The molecule has 1 N–H and O–H groups in total. The fourth-order valence-corrected chi connectivity index (χ4v) is 5.11. The van der Waals surface area contributed by atoms with Gasteiger partial charge in [0.05, 0.1) is 17.2 Å². The van der Waals surface area contributed by atoms with Gasteiger partial charge < -0.3 is 5.32 Å². The summed E-state index contributed by atoms with van der Waals surface area (Å²) in [6.07, 6.45) is 8.62. The second-order valence-corrected chi connectivity index (χ2v) is 9.54. The Kier molecular flexibility index (Phi) is 6.99. The van der Waals surface area contributed by atoms with Gasteiger partial charge in [-0.2, -0.15) is 5.26 Å². The number of amides is 1. The summed E-state index contributed by atoms with van der Waals surface area (Å²) in [5.74, 6) is 0.273. The van der Waals surface area contributed by atoms with E-state index in [1.54, 1.807) is 35.3 Å². The number of halogens is 1. The molecular weight excluding hydrogens is 472 g/mol. The largest absolute Gasteiger partial charge is 0.350 e. The molecule has 5 rings (SSSR count). The molecule has 1 amide bonds. The van der Waals surface area contributed by atoms with Crippen LogP contribution in [-0.4, -0.2) is 45.0 Å². The Balaban J connectivity index is 1.48. The molecular formula is C28H27ClN6O. The van der Waals surface area contributed by atoms with Crippen LogP contribution in [-0.2, 0) is 0 Å². The summed E-state index contributed by atoms with van der Waals surface area (Å²) in [6.45, 7) is 4.43. The van der Waals surface area contributed by atoms with Gasteiger partial charge in [0.15, 0.2) is 5.82 Å². The van der Waals surface area contributed by atoms with Crippen molar-refractivity contribution in [3.63, 3.8) is 0 Å². The molecule has 1 unspecified atom stereocenters. The maximum atomic E-state index is 13.6. The topological polar surface area (TPSA) is 86.8 Å². The minimum absolute atomic E-state index is 0.0556. The highest BCUT2D eigenvalue weighted by Gasteiger charge is 2.25. The van der Waals surface area contributed by atoms with Crippen LogP contribution < -0.4 is 5.32 Å². The molecule has 0 radical (unpaired) electrons. The lowest BCUT2D eigenvalue weighted by molar-refractivity contribution is 0.0926. The first-order valence-corrected chi connectivity index (χ1v) is 12.5. The summed E-state index contributed by atoms with van der Waals surface area (Å²) in [5.41, 5.74) is 3.59. The Bertz CT molecular complexity index is 1430. The summed E-state index contributed by atoms with van der Waals surface area (Å²) >= 11 is 6.14. The number of fused-ring (bicyclic) bond motifs is 1. The Morgan fingerprint density at radius 3 is 2.64 bits per heavy atom. The van der Waals surface area contributed by atoms with Gasteiger partial charge in [-0.05, 0) is 74.3 Å². The number of aromatic nitrogens is 3. The van der Waals surface area contributed by atoms with Crippen molar-refractivity contribution in [3.05, 3.63) is 88.3 Å². The summed E-state index contributed by atoms with van der Waals surface area (Å²) in [6, 6.07) is 15.4. The number of rotatable bonds is 6. The number of nitrogens with one attached hydrogen (secondary N) is 1. The number of carbonyl (C=O) groups is 1. The molecule has 1 saturated heterocycles. The minimum atomic E-state index is -0.180. The van der Waals surface area contributed by atoms with Crippen molar-refractivity contribution in [1.29, 1.82) is 5.26 Å². The lowest BCUT2D eigenvalue weighted by atomic mass is 10.0. The Morgan fingerprint density at radius 1 is 1.11 bits per heavy atom. The van der Waals surface area contributed by atoms with Crippen LogP contribution >= 0.6 is 11.6 Å². The fraction of sp³-hybridized carbons (Fsp3) is 0.286. The Morgan fingerprint density at radius 2 is 1.89 bits per heavy atom. The van der Waals surface area contributed by atoms with Crippen molar-refractivity contribution >= 4 is 28.5 Å². The highest BCUT2D eigenvalue weighted by molar-refractivity contribution is 6.30. The molecule has 1 aliphatic rings. The van der Waals surface area contributed by atoms with Gasteiger partial charge in [0.2, 0.25) is 0 Å². The quantitative estimate of drug-likeness (QED) is 0.394. The molecule has 1 aliphatic heterocycles. The van der Waals surface area contributed by atoms with E-state index in [1.807, 2.05) is 37.3 Å². The SMILES string of the molecule is Cc1ccnc2c1c(C(=O)NCC(c1ccc(Cl)cc1)N1CCCCC1)cn2-c1ncccc1C#N. The molecule has 36 heavy (non-hydrogen) atoms. The number of hydrogen-bond acceptors (Lipinski definition) is 5. The third-order valence-electron chi connectivity index (χ3n) is 6.82. The highest BCUT2D eigenvalue weighted by atomic mass is 35.5. The summed E-state index contributed by atoms with van der Waals surface area (Å²) in [7, 11) is 0. The average molecular weight is 499 g/mol. The van der Waals surface area contributed by atoms with Crippen LogP contribution in [0.5, 0.6) is 0 Å². The summed E-state index contributed by atoms with van der Waals surface area (Å²) < 4.78 is 1.73. The summed E-state index contributed by atoms with van der Waals surface area (Å²) in [4.78, 5) is 25.0. The van der Waals surface area contributed by atoms with Crippen LogP contribution in [0.2, 0.25) is 5.02 Å². The molecule has 7 nitrogen and oxygen atoms in total. The fourth-order valence-electron chi connectivity index (χ4n) is 4.98. The standard InChI is InChI=1S/C28H27ClN6O/c1-19-11-13-32-27-25(19)23(18-35(27)26-21(16-30)6-5-12-31-26)28(36)33-17-24(34-14-3-2-4-15-34)20-7-9-22(29)10-8-20/h5-13,18,24H,2-4,14-15,17H2,1H3,(H,33,36). The van der Waals surface area contributed by atoms with Gasteiger partial charge in [-0.3, -0.25) is 14.3 Å². The molecule has 1 fully saturated rings. The number of benzene rings is 1. The third-order valence-corrected chi connectivity index (χ3v) is 7.07. The molecule has 0 spiro atoms. The van der Waals surface area contributed by atoms with E-state index in [0.717, 1.165) is 42.4 Å². The number of piperidine rings is 1. The number of nitrogens with zero attached hydrogens (tertiary/aromatic N) is 5. The highest BCUT2D eigenvalue weighted by Crippen LogP contribution is 2.28. The molecule has 3 aromatic heterocycles. The van der Waals surface area contributed by atoms with E-state index < -0.39 is 0 Å². The van der Waals surface area contributed by atoms with Crippen LogP contribution in [0.1, 0.15) is 52.4 Å². The first-order chi connectivity index (χ1) is 17.6. The number of nitriles is 1. The van der Waals surface area contributed by atoms with Gasteiger partial charge in [0, 0.05) is 35.5 Å². The van der Waals surface area contributed by atoms with Crippen molar-refractivity contribution in [2.24, 2.45) is 0 Å². The maximum Gasteiger partial charge on any atom is 0.253 e. The number of aryl methyl sites for hydroxylation is 1. The van der Waals surface area contributed by atoms with Crippen LogP contribution in [0.25, 0.3) is 16.9 Å². The monoisotopic (exact) mass is 498 g/mol. The molecule has 0 saturated carbocycles. The van der Waals surface area contributed by atoms with Crippen molar-refractivity contribution in [1.82, 2.24) is 24.8 Å². The number of hydrogen-bond donors (Lipinski definition) is 1. The van der Waals surface area contributed by atoms with Gasteiger partial charge in [0.1, 0.15) is 11.7 Å². The lowest BCUT2D eigenvalue weighted by Crippen LogP contribution is -2.40. The predicted octanol–water partition coefficient (Wildman–Crippen LogP) is 5.21. The third kappa shape index (κ3) is 4.70. The number of pyridine rings is 2. The minimum Gasteiger partial charge on any atom is -0.350 e. The smallest absolute Gasteiger partial charge is 0.253 e. The normalized spacial score (nSPS) is 14.9. The van der Waals surface area contributed by atoms with E-state index in [4.69, 9.17) is 11.6 Å². The van der Waals surface area contributed by atoms with Crippen LogP contribution in [0.4, 0.5) is 0 Å². The van der Waals surface area contributed by atoms with E-state index >= 15 is 0 Å². The van der Waals surface area contributed by atoms with E-state index in [1.165, 1.54) is 6.42 Å². The second kappa shape index (κ2) is 10.5. The van der Waals surface area contributed by atoms with Gasteiger partial charge in [-0.25, -0.2) is 9.97 Å². The zero-order valence-corrected chi connectivity index (χ0v) is 20.9. The van der Waals surface area contributed by atoms with Crippen molar-refractivity contribution in [2.45, 2.75) is 32.2 Å². The van der Waals surface area contributed by atoms with Crippen molar-refractivity contribution in [2.75, 3.05) is 19.6 Å². The first kappa shape index (κ1) is 24.0. The molecule has 1 aromatic carbocycles. The molecule has 4 heterocycles. The maximum absolute atomic E-state index is 13.6. The van der Waals surface area contributed by atoms with Crippen molar-refractivity contribution < 1.29 is 4.79 Å². The van der Waals surface area contributed by atoms with Crippen LogP contribution in [0.3, 0.4) is 0 Å². The van der Waals surface area contributed by atoms with E-state index in [2.05, 4.69) is 26.3 Å². The van der Waals surface area contributed by atoms with Crippen LogP contribution in [0, 0.1) is 18.3 Å². The molecule has 0 bridgehead atoms. The average Bonchev–Trinajstić information content (AvgIpc) is 3.31. The molecule has 182 valence electrons. The van der Waals surface area contributed by atoms with Gasteiger partial charge >= 0.3 is 0 Å². The molecule has 0 aliphatic carbocycles. The van der Waals surface area contributed by atoms with E-state index in [9.17, 15) is 10.1 Å². The first-order valence-electron chi connectivity index (χ1n) is 12.2. The second-order valence-electron chi connectivity index (χ2n) is 9.10. The molecule has 4 aromatic rings. The zero-order chi connectivity index (χ0) is 25.1. The van der Waals surface area contributed by atoms with Gasteiger partial charge in [-0.15, -0.1) is 0 Å².